The van der Waals surface area contributed by atoms with Gasteiger partial charge in [0.15, 0.2) is 4.80 Å². The molecular formula is C17H13Cl2N3O3S. The van der Waals surface area contributed by atoms with Crippen LogP contribution in [0.4, 0.5) is 5.69 Å². The highest BCUT2D eigenvalue weighted by molar-refractivity contribution is 7.16. The number of carbonyl (C=O) groups excluding carboxylic acids is 1. The third-order valence-electron chi connectivity index (χ3n) is 3.83. The summed E-state index contributed by atoms with van der Waals surface area (Å²) in [6.07, 6.45) is 0. The Morgan fingerprint density at radius 3 is 2.65 bits per heavy atom. The van der Waals surface area contributed by atoms with E-state index in [4.69, 9.17) is 23.2 Å². The monoisotopic (exact) mass is 409 g/mol. The number of hydrogen-bond donors (Lipinski definition) is 0. The average Bonchev–Trinajstić information content (AvgIpc) is 2.91. The summed E-state index contributed by atoms with van der Waals surface area (Å²) in [5, 5.41) is 12.0. The van der Waals surface area contributed by atoms with Gasteiger partial charge in [0.1, 0.15) is 5.56 Å². The van der Waals surface area contributed by atoms with E-state index in [1.807, 2.05) is 30.5 Å². The Labute approximate surface area is 162 Å². The van der Waals surface area contributed by atoms with Gasteiger partial charge in [0, 0.05) is 22.7 Å². The summed E-state index contributed by atoms with van der Waals surface area (Å²) in [4.78, 5) is 27.8. The van der Waals surface area contributed by atoms with Gasteiger partial charge in [-0.25, -0.2) is 0 Å². The van der Waals surface area contributed by atoms with Crippen LogP contribution in [0.3, 0.4) is 0 Å². The summed E-state index contributed by atoms with van der Waals surface area (Å²) in [5.41, 5.74) is 1.44. The van der Waals surface area contributed by atoms with Crippen LogP contribution in [-0.2, 0) is 6.54 Å². The van der Waals surface area contributed by atoms with E-state index in [1.54, 1.807) is 0 Å². The molecule has 0 aliphatic heterocycles. The van der Waals surface area contributed by atoms with Crippen LogP contribution in [0.2, 0.25) is 10.0 Å². The largest absolute Gasteiger partial charge is 0.316 e. The lowest BCUT2D eigenvalue weighted by atomic mass is 10.2. The first-order valence-corrected chi connectivity index (χ1v) is 9.21. The molecule has 0 bridgehead atoms. The Bertz CT molecular complexity index is 1120. The summed E-state index contributed by atoms with van der Waals surface area (Å²) in [6, 6.07) is 7.49. The zero-order chi connectivity index (χ0) is 19.0. The van der Waals surface area contributed by atoms with Crippen LogP contribution < -0.4 is 4.80 Å². The first kappa shape index (κ1) is 18.6. The third-order valence-corrected chi connectivity index (χ3v) is 5.31. The van der Waals surface area contributed by atoms with E-state index in [9.17, 15) is 14.9 Å². The minimum Gasteiger partial charge on any atom is -0.316 e. The summed E-state index contributed by atoms with van der Waals surface area (Å²) < 4.78 is 2.78. The molecule has 0 atom stereocenters. The Morgan fingerprint density at radius 2 is 2.00 bits per heavy atom. The van der Waals surface area contributed by atoms with Crippen molar-refractivity contribution in [3.8, 4) is 0 Å². The van der Waals surface area contributed by atoms with E-state index in [2.05, 4.69) is 4.99 Å². The van der Waals surface area contributed by atoms with Gasteiger partial charge in [0.05, 0.1) is 15.1 Å². The maximum atomic E-state index is 12.6. The zero-order valence-electron chi connectivity index (χ0n) is 13.8. The Hall–Kier alpha value is -2.22. The number of thiazole rings is 1. The lowest BCUT2D eigenvalue weighted by Gasteiger charge is -2.04. The molecule has 0 saturated carbocycles. The number of carbonyl (C=O) groups is 1. The van der Waals surface area contributed by atoms with Crippen LogP contribution in [0.25, 0.3) is 10.2 Å². The van der Waals surface area contributed by atoms with Crippen LogP contribution in [-0.4, -0.2) is 15.4 Å². The number of rotatable bonds is 3. The molecule has 9 heteroatoms. The molecule has 26 heavy (non-hydrogen) atoms. The van der Waals surface area contributed by atoms with Gasteiger partial charge in [0.2, 0.25) is 0 Å². The van der Waals surface area contributed by atoms with Crippen LogP contribution in [0, 0.1) is 17.0 Å². The molecule has 1 heterocycles. The van der Waals surface area contributed by atoms with Crippen LogP contribution in [0.1, 0.15) is 22.8 Å². The van der Waals surface area contributed by atoms with Crippen LogP contribution in [0.15, 0.2) is 35.3 Å². The molecule has 2 aromatic carbocycles. The van der Waals surface area contributed by atoms with E-state index in [-0.39, 0.29) is 16.3 Å². The quantitative estimate of drug-likeness (QED) is 0.451. The number of nitro benzene ring substituents is 1. The lowest BCUT2D eigenvalue weighted by molar-refractivity contribution is -0.385. The maximum absolute atomic E-state index is 12.6. The van der Waals surface area contributed by atoms with E-state index in [1.165, 1.54) is 29.5 Å². The topological polar surface area (TPSA) is 77.5 Å². The normalized spacial score (nSPS) is 11.9. The highest BCUT2D eigenvalue weighted by Crippen LogP contribution is 2.27. The van der Waals surface area contributed by atoms with Crippen molar-refractivity contribution in [3.05, 3.63) is 66.4 Å². The molecular weight excluding hydrogens is 397 g/mol. The minimum atomic E-state index is -0.711. The number of benzene rings is 2. The summed E-state index contributed by atoms with van der Waals surface area (Å²) in [5.74, 6) is -0.711. The number of aromatic nitrogens is 1. The second-order valence-electron chi connectivity index (χ2n) is 5.53. The predicted octanol–water partition coefficient (Wildman–Crippen LogP) is 4.99. The SMILES string of the molecule is CCn1c(=NC(=O)c2cc(Cl)ccc2[N+](=O)[O-])sc2cc(Cl)cc(C)c21. The molecule has 0 aliphatic carbocycles. The molecule has 134 valence electrons. The van der Waals surface area contributed by atoms with Gasteiger partial charge in [-0.2, -0.15) is 4.99 Å². The molecule has 0 radical (unpaired) electrons. The first-order chi connectivity index (χ1) is 12.3. The van der Waals surface area contributed by atoms with Gasteiger partial charge in [-0.05, 0) is 43.7 Å². The van der Waals surface area contributed by atoms with E-state index < -0.39 is 10.8 Å². The fraction of sp³-hybridized carbons (Fsp3) is 0.176. The van der Waals surface area contributed by atoms with Gasteiger partial charge in [0.25, 0.3) is 11.6 Å². The fourth-order valence-corrected chi connectivity index (χ4v) is 4.46. The number of nitrogens with zero attached hydrogens (tertiary/aromatic N) is 3. The molecule has 1 aromatic heterocycles. The predicted molar refractivity (Wildman–Crippen MR) is 103 cm³/mol. The number of amides is 1. The summed E-state index contributed by atoms with van der Waals surface area (Å²) in [6.45, 7) is 4.46. The van der Waals surface area contributed by atoms with Crippen molar-refractivity contribution in [2.75, 3.05) is 0 Å². The molecule has 3 rings (SSSR count). The van der Waals surface area contributed by atoms with Crippen molar-refractivity contribution in [3.63, 3.8) is 0 Å². The van der Waals surface area contributed by atoms with Crippen molar-refractivity contribution < 1.29 is 9.72 Å². The molecule has 0 saturated heterocycles. The molecule has 0 N–H and O–H groups in total. The number of aryl methyl sites for hydroxylation is 2. The van der Waals surface area contributed by atoms with Gasteiger partial charge in [-0.3, -0.25) is 14.9 Å². The fourth-order valence-electron chi connectivity index (χ4n) is 2.74. The van der Waals surface area contributed by atoms with Crippen molar-refractivity contribution >= 4 is 56.3 Å². The molecule has 1 amide bonds. The second kappa shape index (κ2) is 7.19. The van der Waals surface area contributed by atoms with Crippen LogP contribution >= 0.6 is 34.5 Å². The summed E-state index contributed by atoms with van der Waals surface area (Å²) >= 11 is 13.3. The average molecular weight is 410 g/mol. The minimum absolute atomic E-state index is 0.141. The number of nitro groups is 1. The van der Waals surface area contributed by atoms with Crippen molar-refractivity contribution in [1.82, 2.24) is 4.57 Å². The van der Waals surface area contributed by atoms with Crippen molar-refractivity contribution in [1.29, 1.82) is 0 Å². The zero-order valence-corrected chi connectivity index (χ0v) is 16.2. The highest BCUT2D eigenvalue weighted by Gasteiger charge is 2.21. The molecule has 6 nitrogen and oxygen atoms in total. The Morgan fingerprint density at radius 1 is 1.27 bits per heavy atom. The van der Waals surface area contributed by atoms with Crippen LogP contribution in [0.5, 0.6) is 0 Å². The number of halogens is 2. The maximum Gasteiger partial charge on any atom is 0.286 e. The number of hydrogen-bond acceptors (Lipinski definition) is 4. The van der Waals surface area contributed by atoms with Gasteiger partial charge >= 0.3 is 0 Å². The molecule has 0 aliphatic rings. The standard InChI is InChI=1S/C17H13Cl2N3O3S/c1-3-21-15-9(2)6-11(19)8-14(15)26-17(21)20-16(23)12-7-10(18)4-5-13(12)22(24)25/h4-8H,3H2,1-2H3. The van der Waals surface area contributed by atoms with Crippen molar-refractivity contribution in [2.45, 2.75) is 20.4 Å². The lowest BCUT2D eigenvalue weighted by Crippen LogP contribution is -2.16. The van der Waals surface area contributed by atoms with Gasteiger partial charge in [-0.15, -0.1) is 0 Å². The van der Waals surface area contributed by atoms with E-state index in [0.717, 1.165) is 15.8 Å². The second-order valence-corrected chi connectivity index (χ2v) is 7.42. The third kappa shape index (κ3) is 3.38. The van der Waals surface area contributed by atoms with E-state index >= 15 is 0 Å². The Balaban J connectivity index is 2.23. The molecule has 0 spiro atoms. The molecule has 0 fully saturated rings. The molecule has 3 aromatic rings. The van der Waals surface area contributed by atoms with Crippen molar-refractivity contribution in [2.24, 2.45) is 4.99 Å². The first-order valence-electron chi connectivity index (χ1n) is 7.64. The Kier molecular flexibility index (Phi) is 5.13. The number of fused-ring (bicyclic) bond motifs is 1. The molecule has 0 unspecified atom stereocenters. The van der Waals surface area contributed by atoms with Gasteiger partial charge < -0.3 is 4.57 Å². The highest BCUT2D eigenvalue weighted by atomic mass is 35.5. The summed E-state index contributed by atoms with van der Waals surface area (Å²) in [7, 11) is 0. The van der Waals surface area contributed by atoms with E-state index in [0.29, 0.717) is 16.4 Å². The van der Waals surface area contributed by atoms with Gasteiger partial charge in [-0.1, -0.05) is 34.5 Å². The smallest absolute Gasteiger partial charge is 0.286 e.